The molecule has 8 heteroatoms. The molecule has 1 saturated heterocycles. The molecule has 0 amide bonds. The van der Waals surface area contributed by atoms with Crippen molar-refractivity contribution < 1.29 is 8.42 Å². The normalized spacial score (nSPS) is 19.1. The number of hydrogen-bond donors (Lipinski definition) is 0. The molecule has 1 aliphatic rings. The molecule has 0 N–H and O–H groups in total. The van der Waals surface area contributed by atoms with Gasteiger partial charge in [0, 0.05) is 19.6 Å². The first kappa shape index (κ1) is 16.6. The van der Waals surface area contributed by atoms with Crippen LogP contribution in [-0.4, -0.2) is 40.6 Å². The van der Waals surface area contributed by atoms with E-state index >= 15 is 0 Å². The van der Waals surface area contributed by atoms with Gasteiger partial charge in [-0.1, -0.05) is 12.1 Å². The summed E-state index contributed by atoms with van der Waals surface area (Å²) in [6.45, 7) is 3.31. The lowest BCUT2D eigenvalue weighted by molar-refractivity contribution is 0.239. The molecule has 1 aliphatic heterocycles. The van der Waals surface area contributed by atoms with Gasteiger partial charge in [0.2, 0.25) is 10.0 Å². The maximum absolute atomic E-state index is 13.0. The Labute approximate surface area is 141 Å². The third-order valence-electron chi connectivity index (χ3n) is 4.36. The fraction of sp³-hybridized carbons (Fsp3) is 0.438. The Hall–Kier alpha value is -2.24. The third-order valence-corrected chi connectivity index (χ3v) is 6.27. The first-order valence-corrected chi connectivity index (χ1v) is 9.28. The molecular formula is C16H19N5O2S. The van der Waals surface area contributed by atoms with Crippen LogP contribution in [0.2, 0.25) is 0 Å². The molecule has 1 aromatic carbocycles. The summed E-state index contributed by atoms with van der Waals surface area (Å²) in [7, 11) is -3.67. The van der Waals surface area contributed by atoms with Crippen molar-refractivity contribution in [2.45, 2.75) is 31.2 Å². The zero-order chi connectivity index (χ0) is 17.2. The predicted molar refractivity (Wildman–Crippen MR) is 87.4 cm³/mol. The number of hydrogen-bond acceptors (Lipinski definition) is 5. The van der Waals surface area contributed by atoms with E-state index in [0.29, 0.717) is 25.2 Å². The molecule has 3 rings (SSSR count). The van der Waals surface area contributed by atoms with Crippen LogP contribution in [0.4, 0.5) is 0 Å². The van der Waals surface area contributed by atoms with Crippen molar-refractivity contribution in [3.63, 3.8) is 0 Å². The second-order valence-electron chi connectivity index (χ2n) is 6.05. The Balaban J connectivity index is 1.85. The Morgan fingerprint density at radius 3 is 2.96 bits per heavy atom. The number of piperidine rings is 1. The van der Waals surface area contributed by atoms with Crippen molar-refractivity contribution >= 4 is 10.0 Å². The fourth-order valence-corrected chi connectivity index (χ4v) is 4.89. The number of rotatable bonds is 4. The minimum Gasteiger partial charge on any atom is -0.253 e. The zero-order valence-corrected chi connectivity index (χ0v) is 14.3. The van der Waals surface area contributed by atoms with Gasteiger partial charge >= 0.3 is 0 Å². The summed E-state index contributed by atoms with van der Waals surface area (Å²) in [5, 5.41) is 13.4. The van der Waals surface area contributed by atoms with Crippen LogP contribution in [0.15, 0.2) is 35.7 Å². The Bertz CT molecular complexity index is 855. The largest absolute Gasteiger partial charge is 0.253 e. The van der Waals surface area contributed by atoms with Gasteiger partial charge in [-0.15, -0.1) is 0 Å². The molecular weight excluding hydrogens is 326 g/mol. The molecule has 1 fully saturated rings. The van der Waals surface area contributed by atoms with Gasteiger partial charge in [-0.2, -0.15) is 14.7 Å². The minimum atomic E-state index is -3.67. The number of nitrogens with zero attached hydrogens (tertiary/aromatic N) is 5. The molecule has 1 atom stereocenters. The van der Waals surface area contributed by atoms with Gasteiger partial charge in [0.05, 0.1) is 5.56 Å². The van der Waals surface area contributed by atoms with Gasteiger partial charge in [-0.3, -0.25) is 4.68 Å². The molecule has 2 aromatic rings. The van der Waals surface area contributed by atoms with Gasteiger partial charge in [0.1, 0.15) is 23.6 Å². The molecule has 0 radical (unpaired) electrons. The molecule has 0 aliphatic carbocycles. The average Bonchev–Trinajstić information content (AvgIpc) is 3.08. The highest BCUT2D eigenvalue weighted by Gasteiger charge is 2.32. The van der Waals surface area contributed by atoms with Crippen LogP contribution in [0.5, 0.6) is 0 Å². The number of aromatic nitrogens is 3. The molecule has 24 heavy (non-hydrogen) atoms. The van der Waals surface area contributed by atoms with Crippen molar-refractivity contribution in [2.24, 2.45) is 5.92 Å². The van der Waals surface area contributed by atoms with Crippen molar-refractivity contribution in [3.8, 4) is 6.07 Å². The third kappa shape index (κ3) is 3.18. The SMILES string of the molecule is Cc1cccc(S(=O)(=O)N2CCC[C@H](Cn3cncn3)C2)c1C#N. The van der Waals surface area contributed by atoms with E-state index in [1.54, 1.807) is 30.1 Å². The molecule has 2 heterocycles. The Morgan fingerprint density at radius 1 is 1.42 bits per heavy atom. The predicted octanol–water partition coefficient (Wildman–Crippen LogP) is 1.56. The van der Waals surface area contributed by atoms with E-state index in [2.05, 4.69) is 10.1 Å². The van der Waals surface area contributed by atoms with E-state index < -0.39 is 10.0 Å². The van der Waals surface area contributed by atoms with Crippen LogP contribution in [0.3, 0.4) is 0 Å². The molecule has 126 valence electrons. The van der Waals surface area contributed by atoms with Crippen molar-refractivity contribution in [3.05, 3.63) is 42.0 Å². The number of sulfonamides is 1. The summed E-state index contributed by atoms with van der Waals surface area (Å²) in [5.41, 5.74) is 0.908. The summed E-state index contributed by atoms with van der Waals surface area (Å²) in [6, 6.07) is 6.98. The van der Waals surface area contributed by atoms with E-state index in [1.165, 1.54) is 16.7 Å². The second kappa shape index (κ2) is 6.71. The van der Waals surface area contributed by atoms with E-state index in [0.717, 1.165) is 12.8 Å². The number of aryl methyl sites for hydroxylation is 1. The summed E-state index contributed by atoms with van der Waals surface area (Å²) >= 11 is 0. The summed E-state index contributed by atoms with van der Waals surface area (Å²) in [4.78, 5) is 4.02. The van der Waals surface area contributed by atoms with Gasteiger partial charge in [0.25, 0.3) is 0 Å². The van der Waals surface area contributed by atoms with Gasteiger partial charge < -0.3 is 0 Å². The van der Waals surface area contributed by atoms with Crippen LogP contribution in [0.25, 0.3) is 0 Å². The average molecular weight is 345 g/mol. The van der Waals surface area contributed by atoms with Crippen molar-refractivity contribution in [2.75, 3.05) is 13.1 Å². The quantitative estimate of drug-likeness (QED) is 0.838. The Kier molecular flexibility index (Phi) is 4.64. The van der Waals surface area contributed by atoms with Crippen molar-refractivity contribution in [1.29, 1.82) is 5.26 Å². The highest BCUT2D eigenvalue weighted by atomic mass is 32.2. The smallest absolute Gasteiger partial charge is 0.244 e. The minimum absolute atomic E-state index is 0.103. The highest BCUT2D eigenvalue weighted by molar-refractivity contribution is 7.89. The zero-order valence-electron chi connectivity index (χ0n) is 13.5. The van der Waals surface area contributed by atoms with Crippen LogP contribution in [0, 0.1) is 24.2 Å². The topological polar surface area (TPSA) is 91.9 Å². The first-order valence-electron chi connectivity index (χ1n) is 7.84. The summed E-state index contributed by atoms with van der Waals surface area (Å²) < 4.78 is 29.2. The highest BCUT2D eigenvalue weighted by Crippen LogP contribution is 2.27. The van der Waals surface area contributed by atoms with Crippen LogP contribution in [-0.2, 0) is 16.6 Å². The van der Waals surface area contributed by atoms with E-state index in [9.17, 15) is 13.7 Å². The lowest BCUT2D eigenvalue weighted by atomic mass is 10.00. The van der Waals surface area contributed by atoms with Gasteiger partial charge in [-0.05, 0) is 37.3 Å². The van der Waals surface area contributed by atoms with Gasteiger partial charge in [0.15, 0.2) is 0 Å². The van der Waals surface area contributed by atoms with E-state index in [4.69, 9.17) is 0 Å². The van der Waals surface area contributed by atoms with Crippen molar-refractivity contribution in [1.82, 2.24) is 19.1 Å². The monoisotopic (exact) mass is 345 g/mol. The lowest BCUT2D eigenvalue weighted by Crippen LogP contribution is -2.41. The first-order chi connectivity index (χ1) is 11.5. The molecule has 0 spiro atoms. The summed E-state index contributed by atoms with van der Waals surface area (Å²) in [6.07, 6.45) is 4.86. The molecule has 1 aromatic heterocycles. The molecule has 7 nitrogen and oxygen atoms in total. The Morgan fingerprint density at radius 2 is 2.25 bits per heavy atom. The van der Waals surface area contributed by atoms with E-state index in [1.807, 2.05) is 6.07 Å². The summed E-state index contributed by atoms with van der Waals surface area (Å²) in [5.74, 6) is 0.186. The van der Waals surface area contributed by atoms with Crippen LogP contribution in [0.1, 0.15) is 24.0 Å². The van der Waals surface area contributed by atoms with E-state index in [-0.39, 0.29) is 16.4 Å². The number of nitriles is 1. The van der Waals surface area contributed by atoms with Crippen LogP contribution < -0.4 is 0 Å². The maximum Gasteiger partial charge on any atom is 0.244 e. The number of benzene rings is 1. The molecule has 0 saturated carbocycles. The maximum atomic E-state index is 13.0. The molecule has 0 bridgehead atoms. The second-order valence-corrected chi connectivity index (χ2v) is 7.96. The standard InChI is InChI=1S/C16H19N5O2S/c1-13-4-2-6-16(15(13)8-17)24(22,23)21-7-3-5-14(10-21)9-20-12-18-11-19-20/h2,4,6,11-12,14H,3,5,7,9-10H2,1H3/t14-/m1/s1. The molecule has 0 unspecified atom stereocenters. The van der Waals surface area contributed by atoms with Gasteiger partial charge in [-0.25, -0.2) is 13.4 Å². The van der Waals surface area contributed by atoms with Crippen LogP contribution >= 0.6 is 0 Å². The lowest BCUT2D eigenvalue weighted by Gasteiger charge is -2.32. The fourth-order valence-electron chi connectivity index (χ4n) is 3.12.